The highest BCUT2D eigenvalue weighted by Gasteiger charge is 2.55. The number of nitrogen functional groups attached to an aromatic ring is 2. The number of alkyl halides is 3. The van der Waals surface area contributed by atoms with E-state index in [1.54, 1.807) is 16.6 Å². The number of fused-ring (bicyclic) bond motifs is 1. The molecule has 2 aliphatic heterocycles. The molecule has 0 radical (unpaired) electrons. The topological polar surface area (TPSA) is 374 Å². The van der Waals surface area contributed by atoms with Gasteiger partial charge in [-0.15, -0.1) is 21.1 Å². The van der Waals surface area contributed by atoms with Crippen molar-refractivity contribution in [1.29, 1.82) is 0 Å². The summed E-state index contributed by atoms with van der Waals surface area (Å²) in [5.41, 5.74) is 20.0. The van der Waals surface area contributed by atoms with Crippen molar-refractivity contribution in [3.05, 3.63) is 43.7 Å². The summed E-state index contributed by atoms with van der Waals surface area (Å²) in [4.78, 5) is 96.3. The largest absolute Gasteiger partial charge is 0.542 e. The number of amides is 2. The molecule has 0 saturated carbocycles. The average Bonchev–Trinajstić information content (AvgIpc) is 3.70. The highest BCUT2D eigenvalue weighted by molar-refractivity contribution is 8.00. The fourth-order valence-electron chi connectivity index (χ4n) is 5.37. The summed E-state index contributed by atoms with van der Waals surface area (Å²) in [5.74, 6) is -7.47. The maximum absolute atomic E-state index is 13.4. The van der Waals surface area contributed by atoms with Crippen molar-refractivity contribution in [2.45, 2.75) is 43.6 Å². The Morgan fingerprint density at radius 2 is 1.73 bits per heavy atom. The average molecular weight is 876 g/mol. The summed E-state index contributed by atoms with van der Waals surface area (Å²) in [6.07, 6.45) is -3.66. The number of nitrogens with one attached hydrogen (secondary N) is 2. The van der Waals surface area contributed by atoms with E-state index in [4.69, 9.17) is 37.7 Å². The lowest BCUT2D eigenvalue weighted by Crippen LogP contribution is -2.71. The molecule has 2 amide bonds. The minimum Gasteiger partial charge on any atom is -0.542 e. The molecule has 59 heavy (non-hydrogen) atoms. The number of rotatable bonds is 16. The number of oxime groups is 1. The number of carbonyl (C=O) groups excluding carboxylic acids is 3. The summed E-state index contributed by atoms with van der Waals surface area (Å²) in [6.45, 7) is 3.37. The van der Waals surface area contributed by atoms with Gasteiger partial charge >= 0.3 is 18.1 Å². The zero-order chi connectivity index (χ0) is 44.3. The first kappa shape index (κ1) is 45.4. The number of aliphatic carboxylic acids is 3. The molecular formula is C30H36F3N13O11S2. The van der Waals surface area contributed by atoms with Crippen molar-refractivity contribution in [3.8, 4) is 0 Å². The Bertz CT molecular complexity index is 2290. The molecule has 0 spiro atoms. The Labute approximate surface area is 337 Å². The lowest BCUT2D eigenvalue weighted by Gasteiger charge is -2.49. The number of aromatic nitrogens is 4. The van der Waals surface area contributed by atoms with Gasteiger partial charge in [-0.2, -0.15) is 22.5 Å². The molecule has 0 unspecified atom stereocenters. The molecule has 3 aromatic rings. The standard InChI is InChI=1S/C28H35N13O9S2.C2HF3O2/c1-28(2,26(48)49)50-36-14(21-35-27(32)52-37-21)22(44)34-15-23(45)41-16(25(46)47)11(10-51-24(15)41)8-40-9-12(20(31)38(40)3)33-13-17(19(43)18(13)42)39(6-4-29)7-5-30;3-2(4,5)1(6)7/h9,15,24,31H,4-8,10,29-30H2,1-3H3,(H6,32,33,34,35,37,43,44,46,47,48,49);(H,6,7)/b36-14-;/t15-,24-;/m1./s1. The van der Waals surface area contributed by atoms with Crippen LogP contribution < -0.4 is 59.1 Å². The number of halogens is 3. The van der Waals surface area contributed by atoms with Crippen molar-refractivity contribution >= 4 is 86.7 Å². The normalized spacial score (nSPS) is 16.8. The van der Waals surface area contributed by atoms with Crippen LogP contribution in [0.4, 0.5) is 41.2 Å². The van der Waals surface area contributed by atoms with Gasteiger partial charge in [0.15, 0.2) is 23.2 Å². The SMILES string of the molecule is Cn1c(N)c(Nc2c(N(CCN)CCN)c(=O)c2=O)c[n+]1CC1=C(C(=O)O)N2C(=O)[C@@H](NC(=O)/C(=N\OC(C)(C)C(=O)O)c3nsc(N)n3)[C@H]2SC1.O=C([O-])C(F)(F)F. The van der Waals surface area contributed by atoms with E-state index in [0.717, 1.165) is 16.4 Å². The van der Waals surface area contributed by atoms with E-state index < -0.39 is 69.5 Å². The molecular weight excluding hydrogens is 840 g/mol. The van der Waals surface area contributed by atoms with Gasteiger partial charge in [-0.05, 0) is 13.8 Å². The number of hydrogen-bond donors (Lipinski definition) is 8. The molecule has 0 aliphatic carbocycles. The number of β-lactam (4-membered cyclic amide) rings is 1. The summed E-state index contributed by atoms with van der Waals surface area (Å²) in [6, 6.07) is -1.19. The Morgan fingerprint density at radius 3 is 2.24 bits per heavy atom. The van der Waals surface area contributed by atoms with Crippen molar-refractivity contribution in [2.75, 3.05) is 53.6 Å². The molecule has 1 aromatic carbocycles. The van der Waals surface area contributed by atoms with Gasteiger partial charge in [0, 0.05) is 49.0 Å². The van der Waals surface area contributed by atoms with E-state index in [9.17, 15) is 52.2 Å². The number of nitrogens with zero attached hydrogens (tertiary/aromatic N) is 7. The van der Waals surface area contributed by atoms with E-state index in [2.05, 4.69) is 25.1 Å². The predicted octanol–water partition coefficient (Wildman–Crippen LogP) is -4.29. The van der Waals surface area contributed by atoms with Crippen molar-refractivity contribution < 1.29 is 62.0 Å². The second-order valence-corrected chi connectivity index (χ2v) is 14.7. The second kappa shape index (κ2) is 17.7. The third-order valence-electron chi connectivity index (χ3n) is 8.42. The van der Waals surface area contributed by atoms with Gasteiger partial charge in [0.05, 0.1) is 7.05 Å². The minimum atomic E-state index is -5.19. The monoisotopic (exact) mass is 875 g/mol. The summed E-state index contributed by atoms with van der Waals surface area (Å²) < 4.78 is 38.5. The highest BCUT2D eigenvalue weighted by atomic mass is 32.2. The lowest BCUT2D eigenvalue weighted by atomic mass is 10.0. The van der Waals surface area contributed by atoms with Gasteiger partial charge in [-0.3, -0.25) is 24.1 Å². The van der Waals surface area contributed by atoms with Crippen LogP contribution in [0.15, 0.2) is 32.2 Å². The van der Waals surface area contributed by atoms with Crippen LogP contribution in [-0.2, 0) is 42.4 Å². The van der Waals surface area contributed by atoms with E-state index in [-0.39, 0.29) is 78.0 Å². The maximum Gasteiger partial charge on any atom is 0.430 e. The second-order valence-electron chi connectivity index (χ2n) is 12.8. The number of carboxylic acid groups (broad SMARTS) is 3. The third kappa shape index (κ3) is 9.53. The van der Waals surface area contributed by atoms with E-state index in [1.807, 2.05) is 0 Å². The van der Waals surface area contributed by atoms with Crippen LogP contribution in [0.5, 0.6) is 0 Å². The Balaban J connectivity index is 0.00000101. The molecule has 2 aliphatic rings. The Hall–Kier alpha value is -6.33. The Kier molecular flexibility index (Phi) is 13.6. The molecule has 29 heteroatoms. The molecule has 24 nitrogen and oxygen atoms in total. The van der Waals surface area contributed by atoms with Crippen molar-refractivity contribution in [2.24, 2.45) is 23.7 Å². The molecule has 1 saturated heterocycles. The quantitative estimate of drug-likeness (QED) is 0.0222. The molecule has 5 rings (SSSR count). The van der Waals surface area contributed by atoms with Gasteiger partial charge < -0.3 is 63.4 Å². The summed E-state index contributed by atoms with van der Waals surface area (Å²) in [7, 11) is 1.60. The van der Waals surface area contributed by atoms with Gasteiger partial charge in [0.25, 0.3) is 22.7 Å². The number of nitrogens with two attached hydrogens (primary N) is 4. The molecule has 0 bridgehead atoms. The van der Waals surface area contributed by atoms with E-state index in [0.29, 0.717) is 5.57 Å². The smallest absolute Gasteiger partial charge is 0.430 e. The molecule has 320 valence electrons. The van der Waals surface area contributed by atoms with E-state index in [1.165, 1.54) is 36.5 Å². The van der Waals surface area contributed by atoms with Crippen LogP contribution >= 0.6 is 23.3 Å². The fraction of sp³-hybridized carbons (Fsp3) is 0.433. The zero-order valence-electron chi connectivity index (χ0n) is 30.9. The van der Waals surface area contributed by atoms with Crippen molar-refractivity contribution in [3.63, 3.8) is 0 Å². The Morgan fingerprint density at radius 1 is 1.12 bits per heavy atom. The van der Waals surface area contributed by atoms with Crippen LogP contribution in [-0.4, -0.2) is 120 Å². The van der Waals surface area contributed by atoms with Gasteiger partial charge in [0.2, 0.25) is 23.3 Å². The molecule has 2 aromatic heterocycles. The molecule has 4 heterocycles. The van der Waals surface area contributed by atoms with Crippen LogP contribution in [0.2, 0.25) is 0 Å². The minimum absolute atomic E-state index is 0.0172. The number of hydrogen-bond acceptors (Lipinski definition) is 20. The van der Waals surface area contributed by atoms with Crippen LogP contribution in [0.3, 0.4) is 0 Å². The number of thioether (sulfide) groups is 1. The summed E-state index contributed by atoms with van der Waals surface area (Å²) >= 11 is 1.93. The molecule has 1 fully saturated rings. The highest BCUT2D eigenvalue weighted by Crippen LogP contribution is 2.40. The van der Waals surface area contributed by atoms with Crippen LogP contribution in [0.25, 0.3) is 0 Å². The first-order chi connectivity index (χ1) is 27.5. The lowest BCUT2D eigenvalue weighted by molar-refractivity contribution is -0.765. The number of anilines is 5. The zero-order valence-corrected chi connectivity index (χ0v) is 32.6. The van der Waals surface area contributed by atoms with Crippen molar-refractivity contribution in [1.82, 2.24) is 24.3 Å². The van der Waals surface area contributed by atoms with Crippen LogP contribution in [0.1, 0.15) is 19.7 Å². The predicted molar refractivity (Wildman–Crippen MR) is 199 cm³/mol. The first-order valence-corrected chi connectivity index (χ1v) is 18.5. The number of carboxylic acids is 3. The third-order valence-corrected chi connectivity index (χ3v) is 10.3. The fourth-order valence-corrected chi connectivity index (χ4v) is 7.14. The van der Waals surface area contributed by atoms with Gasteiger partial charge in [-0.25, -0.2) is 9.59 Å². The maximum atomic E-state index is 13.4. The van der Waals surface area contributed by atoms with Crippen LogP contribution in [0, 0.1) is 0 Å². The number of carbonyl (C=O) groups is 5. The first-order valence-electron chi connectivity index (χ1n) is 16.6. The van der Waals surface area contributed by atoms with Gasteiger partial charge in [-0.1, -0.05) is 5.16 Å². The molecule has 12 N–H and O–H groups in total. The van der Waals surface area contributed by atoms with Gasteiger partial charge in [0.1, 0.15) is 34.5 Å². The van der Waals surface area contributed by atoms with E-state index >= 15 is 0 Å². The summed E-state index contributed by atoms with van der Waals surface area (Å²) in [5, 5.41) is 36.6. The molecule has 2 atom stereocenters.